The van der Waals surface area contributed by atoms with Crippen LogP contribution in [0, 0.1) is 5.92 Å². The molecule has 1 saturated heterocycles. The lowest BCUT2D eigenvalue weighted by Crippen LogP contribution is -2.12. The zero-order valence-corrected chi connectivity index (χ0v) is 10.1. The van der Waals surface area contributed by atoms with Gasteiger partial charge in [-0.15, -0.1) is 0 Å². The van der Waals surface area contributed by atoms with Gasteiger partial charge in [0, 0.05) is 0 Å². The minimum atomic E-state index is -0.330. The van der Waals surface area contributed by atoms with E-state index in [1.54, 1.807) is 0 Å². The quantitative estimate of drug-likeness (QED) is 0.791. The van der Waals surface area contributed by atoms with Gasteiger partial charge in [0.1, 0.15) is 6.10 Å². The third kappa shape index (κ3) is 4.34. The topological polar surface area (TPSA) is 38.3 Å². The number of cyclic esters (lactones) is 1. The smallest absolute Gasteiger partial charge is 0.407 e. The number of carbonyl (C=O) groups excluding carboxylic acids is 1. The number of amides is 1. The van der Waals surface area contributed by atoms with Crippen molar-refractivity contribution in [1.82, 2.24) is 5.32 Å². The van der Waals surface area contributed by atoms with Crippen LogP contribution in [0.5, 0.6) is 0 Å². The van der Waals surface area contributed by atoms with Crippen molar-refractivity contribution in [3.05, 3.63) is 35.9 Å². The first-order chi connectivity index (χ1) is 7.59. The minimum Gasteiger partial charge on any atom is -0.439 e. The molecule has 0 aliphatic carbocycles. The standard InChI is InChI=1S/C9H9NO2.C4H10/c11-9-10-6-8(12-9)7-4-2-1-3-5-7;1-4(2)3/h1-5,8H,6H2,(H,10,11);4H,1-3H3/t8-;/m1./s1. The van der Waals surface area contributed by atoms with Crippen LogP contribution in [-0.2, 0) is 4.74 Å². The Morgan fingerprint density at radius 3 is 2.25 bits per heavy atom. The monoisotopic (exact) mass is 221 g/mol. The Kier molecular flexibility index (Phi) is 4.83. The molecule has 16 heavy (non-hydrogen) atoms. The molecule has 1 N–H and O–H groups in total. The SMILES string of the molecule is CC(C)C.O=C1NC[C@H](c2ccccc2)O1. The first-order valence-corrected chi connectivity index (χ1v) is 5.59. The first-order valence-electron chi connectivity index (χ1n) is 5.59. The summed E-state index contributed by atoms with van der Waals surface area (Å²) in [6.45, 7) is 7.07. The number of ether oxygens (including phenoxy) is 1. The predicted molar refractivity (Wildman–Crippen MR) is 64.2 cm³/mol. The van der Waals surface area contributed by atoms with Gasteiger partial charge in [0.05, 0.1) is 6.54 Å². The number of hydrogen-bond acceptors (Lipinski definition) is 2. The van der Waals surface area contributed by atoms with Crippen molar-refractivity contribution >= 4 is 6.09 Å². The van der Waals surface area contributed by atoms with Crippen molar-refractivity contribution in [2.24, 2.45) is 5.92 Å². The Balaban J connectivity index is 0.000000280. The molecular weight excluding hydrogens is 202 g/mol. The summed E-state index contributed by atoms with van der Waals surface area (Å²) in [5, 5.41) is 2.61. The Bertz CT molecular complexity index is 319. The van der Waals surface area contributed by atoms with Crippen LogP contribution in [0.4, 0.5) is 4.79 Å². The largest absolute Gasteiger partial charge is 0.439 e. The number of hydrogen-bond donors (Lipinski definition) is 1. The van der Waals surface area contributed by atoms with E-state index >= 15 is 0 Å². The molecule has 1 aliphatic heterocycles. The molecule has 0 unspecified atom stereocenters. The van der Waals surface area contributed by atoms with Crippen LogP contribution in [-0.4, -0.2) is 12.6 Å². The first kappa shape index (κ1) is 12.6. The summed E-state index contributed by atoms with van der Waals surface area (Å²) >= 11 is 0. The van der Waals surface area contributed by atoms with Crippen LogP contribution in [0.2, 0.25) is 0 Å². The fourth-order valence-corrected chi connectivity index (χ4v) is 1.24. The summed E-state index contributed by atoms with van der Waals surface area (Å²) in [6.07, 6.45) is -0.442. The van der Waals surface area contributed by atoms with E-state index < -0.39 is 0 Å². The van der Waals surface area contributed by atoms with Crippen LogP contribution < -0.4 is 5.32 Å². The zero-order valence-electron chi connectivity index (χ0n) is 10.1. The van der Waals surface area contributed by atoms with Crippen LogP contribution >= 0.6 is 0 Å². The van der Waals surface area contributed by atoms with Crippen LogP contribution in [0.1, 0.15) is 32.4 Å². The third-order valence-corrected chi connectivity index (χ3v) is 1.85. The highest BCUT2D eigenvalue weighted by molar-refractivity contribution is 5.69. The van der Waals surface area contributed by atoms with Gasteiger partial charge >= 0.3 is 6.09 Å². The molecule has 3 heteroatoms. The molecule has 0 spiro atoms. The fraction of sp³-hybridized carbons (Fsp3) is 0.462. The average Bonchev–Trinajstić information content (AvgIpc) is 2.65. The Labute approximate surface area is 96.8 Å². The van der Waals surface area contributed by atoms with E-state index in [1.165, 1.54) is 0 Å². The van der Waals surface area contributed by atoms with Crippen LogP contribution in [0.15, 0.2) is 30.3 Å². The second kappa shape index (κ2) is 6.16. The maximum absolute atomic E-state index is 10.7. The molecule has 1 heterocycles. The maximum Gasteiger partial charge on any atom is 0.407 e. The minimum absolute atomic E-state index is 0.112. The van der Waals surface area contributed by atoms with Crippen LogP contribution in [0.3, 0.4) is 0 Å². The molecule has 0 bridgehead atoms. The van der Waals surface area contributed by atoms with Gasteiger partial charge in [0.2, 0.25) is 0 Å². The van der Waals surface area contributed by atoms with E-state index in [-0.39, 0.29) is 12.2 Å². The van der Waals surface area contributed by atoms with Crippen LogP contribution in [0.25, 0.3) is 0 Å². The third-order valence-electron chi connectivity index (χ3n) is 1.85. The van der Waals surface area contributed by atoms with Gasteiger partial charge in [-0.2, -0.15) is 0 Å². The van der Waals surface area contributed by atoms with E-state index in [0.717, 1.165) is 11.5 Å². The van der Waals surface area contributed by atoms with E-state index in [4.69, 9.17) is 4.74 Å². The zero-order chi connectivity index (χ0) is 12.0. The Morgan fingerprint density at radius 1 is 1.25 bits per heavy atom. The van der Waals surface area contributed by atoms with Crippen molar-refractivity contribution in [2.45, 2.75) is 26.9 Å². The fourth-order valence-electron chi connectivity index (χ4n) is 1.24. The summed E-state index contributed by atoms with van der Waals surface area (Å²) < 4.78 is 5.00. The summed E-state index contributed by atoms with van der Waals surface area (Å²) in [5.41, 5.74) is 1.04. The number of nitrogens with one attached hydrogen (secondary N) is 1. The van der Waals surface area contributed by atoms with Gasteiger partial charge in [0.15, 0.2) is 0 Å². The molecule has 1 aromatic rings. The summed E-state index contributed by atoms with van der Waals surface area (Å²) in [7, 11) is 0. The second-order valence-electron chi connectivity index (χ2n) is 4.42. The van der Waals surface area contributed by atoms with Gasteiger partial charge in [-0.3, -0.25) is 0 Å². The summed E-state index contributed by atoms with van der Waals surface area (Å²) in [6, 6.07) is 9.70. The van der Waals surface area contributed by atoms with Crippen molar-refractivity contribution in [3.63, 3.8) is 0 Å². The molecule has 1 atom stereocenters. The molecular formula is C13H19NO2. The van der Waals surface area contributed by atoms with E-state index in [2.05, 4.69) is 26.1 Å². The van der Waals surface area contributed by atoms with Gasteiger partial charge in [-0.25, -0.2) is 4.79 Å². The second-order valence-corrected chi connectivity index (χ2v) is 4.42. The van der Waals surface area contributed by atoms with E-state index in [9.17, 15) is 4.79 Å². The van der Waals surface area contributed by atoms with Crippen molar-refractivity contribution in [1.29, 1.82) is 0 Å². The van der Waals surface area contributed by atoms with Gasteiger partial charge in [-0.1, -0.05) is 51.1 Å². The molecule has 88 valence electrons. The van der Waals surface area contributed by atoms with E-state index in [0.29, 0.717) is 6.54 Å². The summed E-state index contributed by atoms with van der Waals surface area (Å²) in [4.78, 5) is 10.7. The highest BCUT2D eigenvalue weighted by atomic mass is 16.6. The number of alkyl carbamates (subject to hydrolysis) is 1. The summed E-state index contributed by atoms with van der Waals surface area (Å²) in [5.74, 6) is 0.833. The number of benzene rings is 1. The highest BCUT2D eigenvalue weighted by Crippen LogP contribution is 2.19. The molecule has 0 aromatic heterocycles. The number of carbonyl (C=O) groups is 1. The van der Waals surface area contributed by atoms with Crippen molar-refractivity contribution in [3.8, 4) is 0 Å². The average molecular weight is 221 g/mol. The Hall–Kier alpha value is -1.51. The van der Waals surface area contributed by atoms with Gasteiger partial charge in [0.25, 0.3) is 0 Å². The lowest BCUT2D eigenvalue weighted by molar-refractivity contribution is 0.141. The lowest BCUT2D eigenvalue weighted by atomic mass is 10.1. The molecule has 1 amide bonds. The number of rotatable bonds is 1. The predicted octanol–water partition coefficient (Wildman–Crippen LogP) is 3.13. The molecule has 1 fully saturated rings. The lowest BCUT2D eigenvalue weighted by Gasteiger charge is -2.06. The molecule has 0 radical (unpaired) electrons. The van der Waals surface area contributed by atoms with Crippen molar-refractivity contribution < 1.29 is 9.53 Å². The molecule has 3 nitrogen and oxygen atoms in total. The molecule has 1 aliphatic rings. The Morgan fingerprint density at radius 2 is 1.81 bits per heavy atom. The van der Waals surface area contributed by atoms with E-state index in [1.807, 2.05) is 30.3 Å². The van der Waals surface area contributed by atoms with Crippen molar-refractivity contribution in [2.75, 3.05) is 6.54 Å². The molecule has 2 rings (SSSR count). The normalized spacial score (nSPS) is 18.5. The molecule has 1 aromatic carbocycles. The van der Waals surface area contributed by atoms with Gasteiger partial charge in [-0.05, 0) is 11.5 Å². The molecule has 0 saturated carbocycles. The highest BCUT2D eigenvalue weighted by Gasteiger charge is 2.23. The maximum atomic E-state index is 10.7. The van der Waals surface area contributed by atoms with Gasteiger partial charge < -0.3 is 10.1 Å².